The molecular formula is C14H23N3O3. The van der Waals surface area contributed by atoms with Gasteiger partial charge in [-0.25, -0.2) is 0 Å². The smallest absolute Gasteiger partial charge is 0.229 e. The Kier molecular flexibility index (Phi) is 4.33. The van der Waals surface area contributed by atoms with Crippen molar-refractivity contribution in [3.05, 3.63) is 11.7 Å². The van der Waals surface area contributed by atoms with E-state index in [0.717, 1.165) is 45.2 Å². The fraction of sp³-hybridized carbons (Fsp3) is 0.857. The Morgan fingerprint density at radius 1 is 1.35 bits per heavy atom. The third kappa shape index (κ3) is 2.87. The zero-order valence-corrected chi connectivity index (χ0v) is 12.1. The van der Waals surface area contributed by atoms with Crippen molar-refractivity contribution in [1.29, 1.82) is 0 Å². The van der Waals surface area contributed by atoms with E-state index >= 15 is 0 Å². The summed E-state index contributed by atoms with van der Waals surface area (Å²) >= 11 is 0. The fourth-order valence-electron chi connectivity index (χ4n) is 2.83. The second-order valence-electron chi connectivity index (χ2n) is 5.63. The number of nitrogens with zero attached hydrogens (tertiary/aromatic N) is 2. The molecule has 112 valence electrons. The molecule has 2 fully saturated rings. The van der Waals surface area contributed by atoms with E-state index in [4.69, 9.17) is 14.0 Å². The molecule has 1 N–H and O–H groups in total. The molecule has 0 spiro atoms. The van der Waals surface area contributed by atoms with Crippen LogP contribution < -0.4 is 5.32 Å². The highest BCUT2D eigenvalue weighted by Gasteiger charge is 2.43. The molecule has 0 atom stereocenters. The van der Waals surface area contributed by atoms with Gasteiger partial charge in [0.25, 0.3) is 0 Å². The molecular weight excluding hydrogens is 258 g/mol. The maximum atomic E-state index is 5.85. The molecule has 1 saturated carbocycles. The van der Waals surface area contributed by atoms with E-state index in [1.165, 1.54) is 0 Å². The van der Waals surface area contributed by atoms with Gasteiger partial charge in [-0.05, 0) is 45.2 Å². The normalized spacial score (nSPS) is 22.6. The van der Waals surface area contributed by atoms with Gasteiger partial charge in [-0.15, -0.1) is 0 Å². The average molecular weight is 281 g/mol. The van der Waals surface area contributed by atoms with Gasteiger partial charge in [0.05, 0.1) is 19.1 Å². The number of methoxy groups -OCH3 is 1. The van der Waals surface area contributed by atoms with E-state index in [1.54, 1.807) is 7.11 Å². The van der Waals surface area contributed by atoms with Crippen molar-refractivity contribution >= 4 is 0 Å². The number of nitrogens with one attached hydrogen (secondary N) is 1. The first-order chi connectivity index (χ1) is 9.82. The summed E-state index contributed by atoms with van der Waals surface area (Å²) in [7, 11) is 1.72. The SMILES string of the molecule is COC1(c2noc(CCOC3CCNCC3)n2)CCC1. The Bertz CT molecular complexity index is 420. The molecule has 1 aromatic heterocycles. The van der Waals surface area contributed by atoms with Crippen LogP contribution >= 0.6 is 0 Å². The first-order valence-corrected chi connectivity index (χ1v) is 7.53. The van der Waals surface area contributed by atoms with Gasteiger partial charge in [0.1, 0.15) is 5.60 Å². The molecule has 1 aromatic rings. The molecule has 1 aliphatic carbocycles. The molecule has 0 aromatic carbocycles. The van der Waals surface area contributed by atoms with Gasteiger partial charge in [0.15, 0.2) is 0 Å². The van der Waals surface area contributed by atoms with Gasteiger partial charge in [-0.2, -0.15) is 4.98 Å². The van der Waals surface area contributed by atoms with Gasteiger partial charge in [0, 0.05) is 7.11 Å². The summed E-state index contributed by atoms with van der Waals surface area (Å²) in [5, 5.41) is 7.40. The van der Waals surface area contributed by atoms with Crippen molar-refractivity contribution in [3.8, 4) is 0 Å². The summed E-state index contributed by atoms with van der Waals surface area (Å²) in [6.07, 6.45) is 6.34. The number of hydrogen-bond acceptors (Lipinski definition) is 6. The Morgan fingerprint density at radius 3 is 2.80 bits per heavy atom. The molecule has 0 radical (unpaired) electrons. The highest BCUT2D eigenvalue weighted by atomic mass is 16.5. The zero-order chi connectivity index (χ0) is 13.8. The molecule has 6 heteroatoms. The monoisotopic (exact) mass is 281 g/mol. The van der Waals surface area contributed by atoms with Gasteiger partial charge < -0.3 is 19.3 Å². The van der Waals surface area contributed by atoms with E-state index < -0.39 is 0 Å². The number of rotatable bonds is 6. The number of hydrogen-bond donors (Lipinski definition) is 1. The summed E-state index contributed by atoms with van der Waals surface area (Å²) in [6, 6.07) is 0. The summed E-state index contributed by atoms with van der Waals surface area (Å²) in [5.41, 5.74) is -0.294. The predicted molar refractivity (Wildman–Crippen MR) is 72.4 cm³/mol. The highest BCUT2D eigenvalue weighted by molar-refractivity contribution is 5.06. The molecule has 1 aliphatic heterocycles. The molecule has 2 aliphatic rings. The van der Waals surface area contributed by atoms with E-state index in [9.17, 15) is 0 Å². The van der Waals surface area contributed by atoms with Crippen LogP contribution in [0.1, 0.15) is 43.8 Å². The van der Waals surface area contributed by atoms with Crippen molar-refractivity contribution in [2.24, 2.45) is 0 Å². The lowest BCUT2D eigenvalue weighted by atomic mass is 9.79. The Hall–Kier alpha value is -0.980. The van der Waals surface area contributed by atoms with Crippen molar-refractivity contribution in [1.82, 2.24) is 15.5 Å². The van der Waals surface area contributed by atoms with Gasteiger partial charge in [0.2, 0.25) is 11.7 Å². The van der Waals surface area contributed by atoms with Crippen LogP contribution in [-0.2, 0) is 21.5 Å². The molecule has 0 unspecified atom stereocenters. The van der Waals surface area contributed by atoms with Crippen molar-refractivity contribution in [2.45, 2.75) is 50.2 Å². The molecule has 1 saturated heterocycles. The van der Waals surface area contributed by atoms with Crippen LogP contribution in [0.5, 0.6) is 0 Å². The first-order valence-electron chi connectivity index (χ1n) is 7.53. The van der Waals surface area contributed by atoms with Crippen molar-refractivity contribution in [3.63, 3.8) is 0 Å². The van der Waals surface area contributed by atoms with Crippen molar-refractivity contribution in [2.75, 3.05) is 26.8 Å². The van der Waals surface area contributed by atoms with Crippen molar-refractivity contribution < 1.29 is 14.0 Å². The summed E-state index contributed by atoms with van der Waals surface area (Å²) < 4.78 is 16.7. The summed E-state index contributed by atoms with van der Waals surface area (Å²) in [4.78, 5) is 4.46. The zero-order valence-electron chi connectivity index (χ0n) is 12.1. The average Bonchev–Trinajstić information content (AvgIpc) is 2.89. The minimum atomic E-state index is -0.294. The maximum Gasteiger partial charge on any atom is 0.229 e. The minimum absolute atomic E-state index is 0.294. The van der Waals surface area contributed by atoms with E-state index in [2.05, 4.69) is 15.5 Å². The van der Waals surface area contributed by atoms with Crippen LogP contribution in [0.3, 0.4) is 0 Å². The molecule has 0 bridgehead atoms. The maximum absolute atomic E-state index is 5.85. The lowest BCUT2D eigenvalue weighted by Crippen LogP contribution is -2.37. The molecule has 0 amide bonds. The molecule has 6 nitrogen and oxygen atoms in total. The summed E-state index contributed by atoms with van der Waals surface area (Å²) in [6.45, 7) is 2.74. The Morgan fingerprint density at radius 2 is 2.15 bits per heavy atom. The number of ether oxygens (including phenoxy) is 2. The minimum Gasteiger partial charge on any atom is -0.378 e. The Balaban J connectivity index is 1.47. The quantitative estimate of drug-likeness (QED) is 0.850. The topological polar surface area (TPSA) is 69.4 Å². The van der Waals surface area contributed by atoms with Crippen LogP contribution in [0.2, 0.25) is 0 Å². The number of aromatic nitrogens is 2. The molecule has 2 heterocycles. The summed E-state index contributed by atoms with van der Waals surface area (Å²) in [5.74, 6) is 1.35. The highest BCUT2D eigenvalue weighted by Crippen LogP contribution is 2.42. The largest absolute Gasteiger partial charge is 0.378 e. The van der Waals surface area contributed by atoms with Gasteiger partial charge in [-0.1, -0.05) is 5.16 Å². The third-order valence-electron chi connectivity index (χ3n) is 4.38. The van der Waals surface area contributed by atoms with E-state index in [-0.39, 0.29) is 5.60 Å². The van der Waals surface area contributed by atoms with Crippen LogP contribution in [0.15, 0.2) is 4.52 Å². The molecule has 20 heavy (non-hydrogen) atoms. The predicted octanol–water partition coefficient (Wildman–Crippen LogP) is 1.41. The molecule has 3 rings (SSSR count). The van der Waals surface area contributed by atoms with E-state index in [1.807, 2.05) is 0 Å². The fourth-order valence-corrected chi connectivity index (χ4v) is 2.83. The lowest BCUT2D eigenvalue weighted by Gasteiger charge is -2.37. The lowest BCUT2D eigenvalue weighted by molar-refractivity contribution is -0.0858. The van der Waals surface area contributed by atoms with Crippen LogP contribution in [0.4, 0.5) is 0 Å². The number of piperidine rings is 1. The Labute approximate surface area is 119 Å². The van der Waals surface area contributed by atoms with Gasteiger partial charge >= 0.3 is 0 Å². The van der Waals surface area contributed by atoms with E-state index in [0.29, 0.717) is 30.8 Å². The standard InChI is InChI=1S/C14H23N3O3/c1-18-14(6-2-7-14)13-16-12(20-17-13)5-10-19-11-3-8-15-9-4-11/h11,15H,2-10H2,1H3. The second kappa shape index (κ2) is 6.20. The first kappa shape index (κ1) is 14.0. The van der Waals surface area contributed by atoms with Crippen LogP contribution in [0.25, 0.3) is 0 Å². The van der Waals surface area contributed by atoms with Crippen LogP contribution in [0, 0.1) is 0 Å². The van der Waals surface area contributed by atoms with Gasteiger partial charge in [-0.3, -0.25) is 0 Å². The second-order valence-corrected chi connectivity index (χ2v) is 5.63. The third-order valence-corrected chi connectivity index (χ3v) is 4.38. The van der Waals surface area contributed by atoms with Crippen LogP contribution in [-0.4, -0.2) is 43.1 Å².